The zero-order valence-corrected chi connectivity index (χ0v) is 15.7. The van der Waals surface area contributed by atoms with Crippen molar-refractivity contribution >= 4 is 19.7 Å². The van der Waals surface area contributed by atoms with E-state index in [4.69, 9.17) is 16.3 Å². The van der Waals surface area contributed by atoms with Crippen molar-refractivity contribution in [2.24, 2.45) is 0 Å². The lowest BCUT2D eigenvalue weighted by Crippen LogP contribution is -2.22. The smallest absolute Gasteiger partial charge is 0.387 e. The lowest BCUT2D eigenvalue weighted by Gasteiger charge is -2.15. The fourth-order valence-corrected chi connectivity index (χ4v) is 2.91. The summed E-state index contributed by atoms with van der Waals surface area (Å²) >= 11 is 5.86. The monoisotopic (exact) mass is 374 g/mol. The minimum atomic E-state index is -2.92. The quantitative estimate of drug-likeness (QED) is 0.475. The van der Waals surface area contributed by atoms with Gasteiger partial charge in [-0.1, -0.05) is 37.3 Å². The molecule has 0 fully saturated rings. The number of hydrogen-bond acceptors (Lipinski definition) is 3. The number of halogens is 3. The summed E-state index contributed by atoms with van der Waals surface area (Å²) in [5, 5.41) is 4.36. The van der Waals surface area contributed by atoms with E-state index in [-0.39, 0.29) is 10.8 Å². The fourth-order valence-electron chi connectivity index (χ4n) is 1.99. The Hall–Kier alpha value is -1.44. The average Bonchev–Trinajstić information content (AvgIpc) is 2.93. The molecule has 0 unspecified atom stereocenters. The van der Waals surface area contributed by atoms with Gasteiger partial charge in [0.15, 0.2) is 0 Å². The van der Waals surface area contributed by atoms with Crippen molar-refractivity contribution in [2.45, 2.75) is 39.0 Å². The summed E-state index contributed by atoms with van der Waals surface area (Å²) in [5.41, 5.74) is 1.47. The van der Waals surface area contributed by atoms with E-state index in [0.717, 1.165) is 11.6 Å². The van der Waals surface area contributed by atoms with Crippen LogP contribution >= 0.6 is 11.6 Å². The lowest BCUT2D eigenvalue weighted by molar-refractivity contribution is -0.0497. The largest absolute Gasteiger partial charge is 0.433 e. The third-order valence-corrected chi connectivity index (χ3v) is 5.35. The Kier molecular flexibility index (Phi) is 6.37. The van der Waals surface area contributed by atoms with Crippen molar-refractivity contribution < 1.29 is 18.3 Å². The van der Waals surface area contributed by atoms with E-state index in [0.29, 0.717) is 18.9 Å². The van der Waals surface area contributed by atoms with Gasteiger partial charge in [-0.25, -0.2) is 4.68 Å². The van der Waals surface area contributed by atoms with E-state index in [2.05, 4.69) is 29.5 Å². The van der Waals surface area contributed by atoms with Crippen molar-refractivity contribution in [2.75, 3.05) is 6.61 Å². The molecule has 1 aromatic carbocycles. The van der Waals surface area contributed by atoms with E-state index in [9.17, 15) is 8.78 Å². The van der Waals surface area contributed by atoms with Crippen molar-refractivity contribution in [3.8, 4) is 16.9 Å². The van der Waals surface area contributed by atoms with Crippen LogP contribution in [0.1, 0.15) is 0 Å². The lowest BCUT2D eigenvalue weighted by atomic mass is 10.1. The van der Waals surface area contributed by atoms with Crippen molar-refractivity contribution in [1.29, 1.82) is 0 Å². The first kappa shape index (κ1) is 18.9. The predicted molar refractivity (Wildman–Crippen MR) is 93.4 cm³/mol. The van der Waals surface area contributed by atoms with Gasteiger partial charge >= 0.3 is 6.61 Å². The molecule has 2 rings (SSSR count). The number of aromatic nitrogens is 2. The third kappa shape index (κ3) is 5.88. The standard InChI is InChI=1S/C16H21ClF2N2O2Si/c1-24(2,3)7-6-22-11-21-10-13(9-20-21)12-4-5-14(17)15(8-12)23-16(18)19/h4-5,8-10,16H,6-7,11H2,1-3H3. The van der Waals surface area contributed by atoms with E-state index in [1.54, 1.807) is 23.1 Å². The molecule has 0 bridgehead atoms. The fraction of sp³-hybridized carbons (Fsp3) is 0.438. The van der Waals surface area contributed by atoms with Crippen LogP contribution in [0.3, 0.4) is 0 Å². The molecule has 0 amide bonds. The van der Waals surface area contributed by atoms with Crippen LogP contribution in [-0.2, 0) is 11.5 Å². The SMILES string of the molecule is C[Si](C)(C)CCOCn1cc(-c2ccc(Cl)c(OC(F)F)c2)cn1. The second-order valence-electron chi connectivity index (χ2n) is 6.64. The number of ether oxygens (including phenoxy) is 2. The molecular formula is C16H21ClF2N2O2Si. The molecule has 8 heteroatoms. The van der Waals surface area contributed by atoms with Gasteiger partial charge in [0.25, 0.3) is 0 Å². The third-order valence-electron chi connectivity index (χ3n) is 3.33. The van der Waals surface area contributed by atoms with Crippen LogP contribution in [0.15, 0.2) is 30.6 Å². The summed E-state index contributed by atoms with van der Waals surface area (Å²) in [6, 6.07) is 5.82. The Morgan fingerprint density at radius 1 is 1.25 bits per heavy atom. The van der Waals surface area contributed by atoms with E-state index in [1.807, 2.05) is 0 Å². The molecule has 2 aromatic rings. The van der Waals surface area contributed by atoms with Crippen molar-refractivity contribution in [3.05, 3.63) is 35.6 Å². The Balaban J connectivity index is 2.00. The second kappa shape index (κ2) is 8.09. The molecule has 4 nitrogen and oxygen atoms in total. The van der Waals surface area contributed by atoms with Gasteiger partial charge in [-0.2, -0.15) is 13.9 Å². The van der Waals surface area contributed by atoms with Crippen LogP contribution in [0.5, 0.6) is 5.75 Å². The van der Waals surface area contributed by atoms with Gasteiger partial charge in [-0.3, -0.25) is 0 Å². The molecule has 0 atom stereocenters. The van der Waals surface area contributed by atoms with Gasteiger partial charge in [0, 0.05) is 26.4 Å². The maximum Gasteiger partial charge on any atom is 0.387 e. The van der Waals surface area contributed by atoms with Gasteiger partial charge in [0.2, 0.25) is 0 Å². The molecule has 1 heterocycles. The molecule has 0 aliphatic rings. The van der Waals surface area contributed by atoms with Crippen molar-refractivity contribution in [1.82, 2.24) is 9.78 Å². The minimum absolute atomic E-state index is 0.0525. The van der Waals surface area contributed by atoms with E-state index < -0.39 is 14.7 Å². The molecule has 132 valence electrons. The summed E-state index contributed by atoms with van der Waals surface area (Å²) in [7, 11) is -1.11. The highest BCUT2D eigenvalue weighted by molar-refractivity contribution is 6.76. The van der Waals surface area contributed by atoms with Gasteiger partial charge < -0.3 is 9.47 Å². The zero-order chi connectivity index (χ0) is 17.7. The molecular weight excluding hydrogens is 354 g/mol. The number of alkyl halides is 2. The maximum atomic E-state index is 12.4. The Bertz CT molecular complexity index is 674. The molecule has 0 aliphatic heterocycles. The Morgan fingerprint density at radius 2 is 2.00 bits per heavy atom. The van der Waals surface area contributed by atoms with Crippen LogP contribution in [0, 0.1) is 0 Å². The number of nitrogens with zero attached hydrogens (tertiary/aromatic N) is 2. The second-order valence-corrected chi connectivity index (χ2v) is 12.7. The van der Waals surface area contributed by atoms with Gasteiger partial charge in [-0.15, -0.1) is 0 Å². The summed E-state index contributed by atoms with van der Waals surface area (Å²) < 4.78 is 36.5. The number of rotatable bonds is 8. The summed E-state index contributed by atoms with van der Waals surface area (Å²) in [5.74, 6) is -0.0525. The van der Waals surface area contributed by atoms with E-state index in [1.165, 1.54) is 12.1 Å². The van der Waals surface area contributed by atoms with E-state index >= 15 is 0 Å². The summed E-state index contributed by atoms with van der Waals surface area (Å²) in [4.78, 5) is 0. The summed E-state index contributed by atoms with van der Waals surface area (Å²) in [6.45, 7) is 5.03. The van der Waals surface area contributed by atoms with Crippen LogP contribution in [0.4, 0.5) is 8.78 Å². The number of hydrogen-bond donors (Lipinski definition) is 0. The zero-order valence-electron chi connectivity index (χ0n) is 13.9. The number of benzene rings is 1. The first-order valence-electron chi connectivity index (χ1n) is 7.59. The highest BCUT2D eigenvalue weighted by Gasteiger charge is 2.13. The molecule has 0 radical (unpaired) electrons. The molecule has 24 heavy (non-hydrogen) atoms. The molecule has 0 aliphatic carbocycles. The Morgan fingerprint density at radius 3 is 2.67 bits per heavy atom. The normalized spacial score (nSPS) is 12.0. The summed E-state index contributed by atoms with van der Waals surface area (Å²) in [6.07, 6.45) is 3.45. The molecule has 0 spiro atoms. The van der Waals surface area contributed by atoms with Crippen LogP contribution < -0.4 is 4.74 Å². The van der Waals surface area contributed by atoms with Crippen LogP contribution in [-0.4, -0.2) is 31.1 Å². The molecule has 0 saturated heterocycles. The molecule has 0 saturated carbocycles. The highest BCUT2D eigenvalue weighted by Crippen LogP contribution is 2.31. The average molecular weight is 375 g/mol. The highest BCUT2D eigenvalue weighted by atomic mass is 35.5. The predicted octanol–water partition coefficient (Wildman–Crippen LogP) is 5.12. The first-order chi connectivity index (χ1) is 11.2. The first-order valence-corrected chi connectivity index (χ1v) is 11.7. The van der Waals surface area contributed by atoms with Gasteiger partial charge in [0.05, 0.1) is 11.2 Å². The van der Waals surface area contributed by atoms with Gasteiger partial charge in [0.1, 0.15) is 12.5 Å². The topological polar surface area (TPSA) is 36.3 Å². The Labute approximate surface area is 146 Å². The minimum Gasteiger partial charge on any atom is -0.433 e. The maximum absolute atomic E-state index is 12.4. The van der Waals surface area contributed by atoms with Crippen LogP contribution in [0.2, 0.25) is 30.7 Å². The molecule has 1 aromatic heterocycles. The van der Waals surface area contributed by atoms with Gasteiger partial charge in [-0.05, 0) is 23.7 Å². The molecule has 0 N–H and O–H groups in total. The van der Waals surface area contributed by atoms with Crippen LogP contribution in [0.25, 0.3) is 11.1 Å². The van der Waals surface area contributed by atoms with Crippen molar-refractivity contribution in [3.63, 3.8) is 0 Å².